The van der Waals surface area contributed by atoms with Gasteiger partial charge in [0.2, 0.25) is 0 Å². The van der Waals surface area contributed by atoms with Gasteiger partial charge in [0, 0.05) is 10.9 Å². The average molecular weight is 244 g/mol. The summed E-state index contributed by atoms with van der Waals surface area (Å²) >= 11 is 1.20. The van der Waals surface area contributed by atoms with E-state index in [2.05, 4.69) is 0 Å². The number of aromatic carboxylic acids is 1. The van der Waals surface area contributed by atoms with Crippen molar-refractivity contribution < 1.29 is 14.3 Å². The van der Waals surface area contributed by atoms with Crippen LogP contribution in [0.4, 0.5) is 0 Å². The van der Waals surface area contributed by atoms with Crippen molar-refractivity contribution in [3.63, 3.8) is 0 Å². The number of carboxylic acid groups (broad SMARTS) is 1. The number of carbonyl (C=O) groups is 1. The molecule has 0 spiro atoms. The molecule has 2 aromatic heterocycles. The first-order valence-corrected chi connectivity index (χ1v) is 5.93. The predicted octanol–water partition coefficient (Wildman–Crippen LogP) is 3.86. The molecule has 0 atom stereocenters. The summed E-state index contributed by atoms with van der Waals surface area (Å²) in [6.07, 6.45) is 0. The highest BCUT2D eigenvalue weighted by atomic mass is 32.1. The van der Waals surface area contributed by atoms with Crippen molar-refractivity contribution in [2.24, 2.45) is 0 Å². The Balaban J connectivity index is 2.20. The first kappa shape index (κ1) is 10.1. The zero-order chi connectivity index (χ0) is 11.8. The lowest BCUT2D eigenvalue weighted by atomic mass is 10.2. The summed E-state index contributed by atoms with van der Waals surface area (Å²) in [5.41, 5.74) is 1.41. The van der Waals surface area contributed by atoms with Gasteiger partial charge in [-0.2, -0.15) is 0 Å². The minimum Gasteiger partial charge on any atom is -0.477 e. The molecule has 3 aromatic rings. The van der Waals surface area contributed by atoms with Crippen molar-refractivity contribution in [3.8, 4) is 11.3 Å². The monoisotopic (exact) mass is 244 g/mol. The number of para-hydroxylation sites is 1. The molecule has 0 aliphatic heterocycles. The molecule has 0 aliphatic rings. The van der Waals surface area contributed by atoms with Crippen LogP contribution in [0.15, 0.2) is 46.2 Å². The van der Waals surface area contributed by atoms with Gasteiger partial charge in [-0.1, -0.05) is 18.2 Å². The Hall–Kier alpha value is -2.07. The fourth-order valence-corrected chi connectivity index (χ4v) is 2.52. The third kappa shape index (κ3) is 1.62. The van der Waals surface area contributed by atoms with Gasteiger partial charge in [0.25, 0.3) is 0 Å². The number of fused-ring (bicyclic) bond motifs is 1. The van der Waals surface area contributed by atoms with Crippen molar-refractivity contribution in [1.82, 2.24) is 0 Å². The Bertz CT molecular complexity index is 660. The van der Waals surface area contributed by atoms with Gasteiger partial charge in [-0.05, 0) is 23.6 Å². The van der Waals surface area contributed by atoms with Crippen LogP contribution in [0.3, 0.4) is 0 Å². The molecular weight excluding hydrogens is 236 g/mol. The second kappa shape index (κ2) is 3.75. The lowest BCUT2D eigenvalue weighted by molar-refractivity contribution is 0.0702. The van der Waals surface area contributed by atoms with Crippen molar-refractivity contribution in [3.05, 3.63) is 46.7 Å². The average Bonchev–Trinajstić information content (AvgIpc) is 2.95. The van der Waals surface area contributed by atoms with E-state index in [0.717, 1.165) is 11.0 Å². The predicted molar refractivity (Wildman–Crippen MR) is 66.5 cm³/mol. The highest BCUT2D eigenvalue weighted by Gasteiger charge is 2.16. The van der Waals surface area contributed by atoms with Crippen LogP contribution in [0.5, 0.6) is 0 Å². The summed E-state index contributed by atoms with van der Waals surface area (Å²) in [5, 5.41) is 11.8. The van der Waals surface area contributed by atoms with Crippen LogP contribution < -0.4 is 0 Å². The SMILES string of the molecule is O=C(O)c1sccc1-c1cc2ccccc2o1. The number of hydrogen-bond acceptors (Lipinski definition) is 3. The molecule has 0 saturated carbocycles. The zero-order valence-corrected chi connectivity index (χ0v) is 9.53. The molecule has 17 heavy (non-hydrogen) atoms. The van der Waals surface area contributed by atoms with E-state index in [-0.39, 0.29) is 0 Å². The van der Waals surface area contributed by atoms with Gasteiger partial charge in [-0.25, -0.2) is 4.79 Å². The minimum atomic E-state index is -0.921. The summed E-state index contributed by atoms with van der Waals surface area (Å²) in [6, 6.07) is 11.3. The minimum absolute atomic E-state index is 0.309. The van der Waals surface area contributed by atoms with Gasteiger partial charge >= 0.3 is 5.97 Å². The Morgan fingerprint density at radius 1 is 1.24 bits per heavy atom. The van der Waals surface area contributed by atoms with E-state index in [1.54, 1.807) is 11.4 Å². The van der Waals surface area contributed by atoms with E-state index in [9.17, 15) is 4.79 Å². The van der Waals surface area contributed by atoms with Crippen LogP contribution in [-0.2, 0) is 0 Å². The van der Waals surface area contributed by atoms with Crippen molar-refractivity contribution in [1.29, 1.82) is 0 Å². The van der Waals surface area contributed by atoms with Crippen molar-refractivity contribution in [2.75, 3.05) is 0 Å². The summed E-state index contributed by atoms with van der Waals surface area (Å²) in [6.45, 7) is 0. The van der Waals surface area contributed by atoms with Crippen LogP contribution in [0.1, 0.15) is 9.67 Å². The third-order valence-corrected chi connectivity index (χ3v) is 3.45. The molecule has 0 bridgehead atoms. The molecule has 84 valence electrons. The molecule has 0 saturated heterocycles. The molecule has 0 aliphatic carbocycles. The van der Waals surface area contributed by atoms with Crippen molar-refractivity contribution >= 4 is 28.3 Å². The molecular formula is C13H8O3S. The van der Waals surface area contributed by atoms with Gasteiger partial charge in [-0.15, -0.1) is 11.3 Å². The van der Waals surface area contributed by atoms with Crippen LogP contribution >= 0.6 is 11.3 Å². The van der Waals surface area contributed by atoms with E-state index in [1.165, 1.54) is 11.3 Å². The number of hydrogen-bond donors (Lipinski definition) is 1. The molecule has 1 aromatic carbocycles. The second-order valence-corrected chi connectivity index (χ2v) is 4.53. The molecule has 0 fully saturated rings. The number of furan rings is 1. The smallest absolute Gasteiger partial charge is 0.346 e. The van der Waals surface area contributed by atoms with Crippen molar-refractivity contribution in [2.45, 2.75) is 0 Å². The number of benzene rings is 1. The lowest BCUT2D eigenvalue weighted by Crippen LogP contribution is -1.93. The van der Waals surface area contributed by atoms with Gasteiger partial charge < -0.3 is 9.52 Å². The molecule has 0 unspecified atom stereocenters. The Morgan fingerprint density at radius 3 is 2.82 bits per heavy atom. The number of carboxylic acids is 1. The van der Waals surface area contributed by atoms with E-state index in [1.807, 2.05) is 30.3 Å². The summed E-state index contributed by atoms with van der Waals surface area (Å²) in [4.78, 5) is 11.3. The molecule has 0 radical (unpaired) electrons. The fraction of sp³-hybridized carbons (Fsp3) is 0. The van der Waals surface area contributed by atoms with E-state index >= 15 is 0 Å². The standard InChI is InChI=1S/C13H8O3S/c14-13(15)12-9(5-6-17-12)11-7-8-3-1-2-4-10(8)16-11/h1-7H,(H,14,15). The maximum absolute atomic E-state index is 11.0. The fourth-order valence-electron chi connectivity index (χ4n) is 1.78. The molecule has 4 heteroatoms. The second-order valence-electron chi connectivity index (χ2n) is 3.62. The maximum atomic E-state index is 11.0. The van der Waals surface area contributed by atoms with Crippen LogP contribution in [0.2, 0.25) is 0 Å². The van der Waals surface area contributed by atoms with E-state index < -0.39 is 5.97 Å². The molecule has 3 nitrogen and oxygen atoms in total. The van der Waals surface area contributed by atoms with Crippen LogP contribution in [0, 0.1) is 0 Å². The van der Waals surface area contributed by atoms with E-state index in [4.69, 9.17) is 9.52 Å². The summed E-state index contributed by atoms with van der Waals surface area (Å²) in [5.74, 6) is -0.319. The normalized spacial score (nSPS) is 10.8. The van der Waals surface area contributed by atoms with E-state index in [0.29, 0.717) is 16.2 Å². The largest absolute Gasteiger partial charge is 0.477 e. The van der Waals surface area contributed by atoms with Gasteiger partial charge in [-0.3, -0.25) is 0 Å². The van der Waals surface area contributed by atoms with Gasteiger partial charge in [0.05, 0.1) is 0 Å². The highest BCUT2D eigenvalue weighted by molar-refractivity contribution is 7.12. The summed E-state index contributed by atoms with van der Waals surface area (Å²) in [7, 11) is 0. The quantitative estimate of drug-likeness (QED) is 0.744. The maximum Gasteiger partial charge on any atom is 0.346 e. The highest BCUT2D eigenvalue weighted by Crippen LogP contribution is 2.32. The molecule has 1 N–H and O–H groups in total. The number of rotatable bonds is 2. The molecule has 0 amide bonds. The lowest BCUT2D eigenvalue weighted by Gasteiger charge is -1.94. The Morgan fingerprint density at radius 2 is 2.06 bits per heavy atom. The first-order valence-electron chi connectivity index (χ1n) is 5.05. The van der Waals surface area contributed by atoms with Crippen LogP contribution in [0.25, 0.3) is 22.3 Å². The zero-order valence-electron chi connectivity index (χ0n) is 8.71. The molecule has 3 rings (SSSR count). The molecule has 2 heterocycles. The Labute approximate surface area is 101 Å². The third-order valence-electron chi connectivity index (χ3n) is 2.55. The topological polar surface area (TPSA) is 50.4 Å². The van der Waals surface area contributed by atoms with Gasteiger partial charge in [0.1, 0.15) is 16.2 Å². The summed E-state index contributed by atoms with van der Waals surface area (Å²) < 4.78 is 5.65. The van der Waals surface area contributed by atoms with Crippen LogP contribution in [-0.4, -0.2) is 11.1 Å². The Kier molecular flexibility index (Phi) is 2.23. The van der Waals surface area contributed by atoms with Gasteiger partial charge in [0.15, 0.2) is 0 Å². The number of thiophene rings is 1. The first-order chi connectivity index (χ1) is 8.25.